The van der Waals surface area contributed by atoms with Gasteiger partial charge >= 0.3 is 5.97 Å². The van der Waals surface area contributed by atoms with Gasteiger partial charge in [0.05, 0.1) is 0 Å². The van der Waals surface area contributed by atoms with Crippen molar-refractivity contribution in [3.8, 4) is 0 Å². The van der Waals surface area contributed by atoms with Crippen molar-refractivity contribution in [2.24, 2.45) is 0 Å². The molecule has 1 aliphatic rings. The highest BCUT2D eigenvalue weighted by Gasteiger charge is 2.22. The Morgan fingerprint density at radius 3 is 2.86 bits per heavy atom. The van der Waals surface area contributed by atoms with Crippen molar-refractivity contribution < 1.29 is 9.53 Å². The van der Waals surface area contributed by atoms with Crippen molar-refractivity contribution in [3.63, 3.8) is 0 Å². The molecule has 1 aromatic heterocycles. The molecule has 0 amide bonds. The number of aromatic nitrogens is 1. The van der Waals surface area contributed by atoms with Gasteiger partial charge in [-0.15, -0.1) is 0 Å². The molecule has 74 valence electrons. The Balaban J connectivity index is 2.06. The second-order valence-corrected chi connectivity index (χ2v) is 3.83. The van der Waals surface area contributed by atoms with Crippen LogP contribution in [0, 0.1) is 4.64 Å². The van der Waals surface area contributed by atoms with Gasteiger partial charge in [-0.05, 0) is 31.4 Å². The van der Waals surface area contributed by atoms with E-state index in [4.69, 9.17) is 17.0 Å². The predicted octanol–water partition coefficient (Wildman–Crippen LogP) is 2.45. The Labute approximate surface area is 87.1 Å². The average Bonchev–Trinajstić information content (AvgIpc) is 2.11. The molecule has 0 aliphatic heterocycles. The van der Waals surface area contributed by atoms with E-state index < -0.39 is 0 Å². The third-order valence-electron chi connectivity index (χ3n) is 2.31. The topological polar surface area (TPSA) is 42.1 Å². The summed E-state index contributed by atoms with van der Waals surface area (Å²) in [5.74, 6) is -0.304. The lowest BCUT2D eigenvalue weighted by molar-refractivity contribution is 0.00836. The number of ether oxygens (including phenoxy) is 1. The molecule has 1 aliphatic carbocycles. The van der Waals surface area contributed by atoms with Crippen molar-refractivity contribution in [1.29, 1.82) is 0 Å². The summed E-state index contributed by atoms with van der Waals surface area (Å²) in [4.78, 5) is 14.3. The van der Waals surface area contributed by atoms with Gasteiger partial charge in [0.15, 0.2) is 0 Å². The monoisotopic (exact) mass is 209 g/mol. The number of nitrogens with one attached hydrogen (secondary N) is 1. The molecule has 3 nitrogen and oxygen atoms in total. The molecule has 14 heavy (non-hydrogen) atoms. The summed E-state index contributed by atoms with van der Waals surface area (Å²) in [7, 11) is 0. The molecule has 0 spiro atoms. The van der Waals surface area contributed by atoms with Gasteiger partial charge in [0, 0.05) is 0 Å². The molecule has 0 radical (unpaired) electrons. The van der Waals surface area contributed by atoms with Gasteiger partial charge in [0.2, 0.25) is 0 Å². The largest absolute Gasteiger partial charge is 0.458 e. The minimum Gasteiger partial charge on any atom is -0.458 e. The first kappa shape index (κ1) is 9.40. The normalized spacial score (nSPS) is 16.0. The summed E-state index contributed by atoms with van der Waals surface area (Å²) in [5, 5.41) is 0. The Kier molecular flexibility index (Phi) is 2.63. The molecule has 0 aromatic carbocycles. The van der Waals surface area contributed by atoms with Crippen LogP contribution in [0.4, 0.5) is 0 Å². The zero-order chi connectivity index (χ0) is 9.97. The fourth-order valence-electron chi connectivity index (χ4n) is 1.27. The van der Waals surface area contributed by atoms with Crippen LogP contribution in [-0.2, 0) is 4.74 Å². The third kappa shape index (κ3) is 2.01. The average molecular weight is 209 g/mol. The van der Waals surface area contributed by atoms with Crippen LogP contribution >= 0.6 is 12.2 Å². The molecule has 1 fully saturated rings. The number of pyridine rings is 1. The van der Waals surface area contributed by atoms with Gasteiger partial charge in [-0.2, -0.15) is 0 Å². The second-order valence-electron chi connectivity index (χ2n) is 3.39. The zero-order valence-corrected chi connectivity index (χ0v) is 8.47. The minimum atomic E-state index is -0.304. The first-order chi connectivity index (χ1) is 6.75. The number of hydrogen-bond donors (Lipinski definition) is 1. The number of esters is 1. The molecule has 2 rings (SSSR count). The number of H-pyrrole nitrogens is 1. The maximum Gasteiger partial charge on any atom is 0.355 e. The van der Waals surface area contributed by atoms with Crippen molar-refractivity contribution >= 4 is 18.2 Å². The highest BCUT2D eigenvalue weighted by Crippen LogP contribution is 2.22. The quantitative estimate of drug-likeness (QED) is 0.601. The molecule has 1 heterocycles. The molecule has 1 N–H and O–H groups in total. The molecule has 1 saturated carbocycles. The van der Waals surface area contributed by atoms with Gasteiger partial charge < -0.3 is 9.72 Å². The van der Waals surface area contributed by atoms with E-state index in [0.29, 0.717) is 10.3 Å². The van der Waals surface area contributed by atoms with E-state index in [9.17, 15) is 4.79 Å². The van der Waals surface area contributed by atoms with E-state index in [1.807, 2.05) is 0 Å². The fourth-order valence-corrected chi connectivity index (χ4v) is 1.46. The lowest BCUT2D eigenvalue weighted by atomic mass is 9.96. The van der Waals surface area contributed by atoms with E-state index in [1.165, 1.54) is 0 Å². The first-order valence-corrected chi connectivity index (χ1v) is 5.07. The van der Waals surface area contributed by atoms with Gasteiger partial charge in [0.25, 0.3) is 0 Å². The van der Waals surface area contributed by atoms with Crippen LogP contribution in [0.2, 0.25) is 0 Å². The van der Waals surface area contributed by atoms with E-state index in [-0.39, 0.29) is 12.1 Å². The van der Waals surface area contributed by atoms with Crippen LogP contribution in [0.5, 0.6) is 0 Å². The Morgan fingerprint density at radius 1 is 1.50 bits per heavy atom. The molecule has 4 heteroatoms. The van der Waals surface area contributed by atoms with Gasteiger partial charge in [-0.1, -0.05) is 18.3 Å². The van der Waals surface area contributed by atoms with Crippen LogP contribution in [0.15, 0.2) is 18.2 Å². The van der Waals surface area contributed by atoms with Crippen LogP contribution < -0.4 is 0 Å². The van der Waals surface area contributed by atoms with Crippen LogP contribution in [0.3, 0.4) is 0 Å². The third-order valence-corrected chi connectivity index (χ3v) is 2.55. The Bertz CT molecular complexity index is 395. The maximum atomic E-state index is 11.5. The Hall–Kier alpha value is -1.16. The number of aromatic amines is 1. The van der Waals surface area contributed by atoms with Crippen molar-refractivity contribution in [2.45, 2.75) is 25.4 Å². The Morgan fingerprint density at radius 2 is 2.29 bits per heavy atom. The molecule has 1 aromatic rings. The minimum absolute atomic E-state index is 0.115. The van der Waals surface area contributed by atoms with Crippen LogP contribution in [0.1, 0.15) is 29.8 Å². The molecule has 0 bridgehead atoms. The molecular weight excluding hydrogens is 198 g/mol. The van der Waals surface area contributed by atoms with Gasteiger partial charge in [-0.3, -0.25) is 0 Å². The lowest BCUT2D eigenvalue weighted by Gasteiger charge is -2.24. The predicted molar refractivity (Wildman–Crippen MR) is 54.7 cm³/mol. The maximum absolute atomic E-state index is 11.5. The molecule has 0 atom stereocenters. The first-order valence-electron chi connectivity index (χ1n) is 4.66. The highest BCUT2D eigenvalue weighted by molar-refractivity contribution is 7.71. The number of carbonyl (C=O) groups is 1. The van der Waals surface area contributed by atoms with Crippen molar-refractivity contribution in [2.75, 3.05) is 0 Å². The number of hydrogen-bond acceptors (Lipinski definition) is 3. The van der Waals surface area contributed by atoms with E-state index in [2.05, 4.69) is 4.98 Å². The number of carbonyl (C=O) groups excluding carboxylic acids is 1. The SMILES string of the molecule is O=C(OC1CCC1)c1cccc(=S)[nH]1. The second kappa shape index (κ2) is 3.92. The summed E-state index contributed by atoms with van der Waals surface area (Å²) in [6.07, 6.45) is 3.24. The summed E-state index contributed by atoms with van der Waals surface area (Å²) in [6, 6.07) is 5.16. The number of rotatable bonds is 2. The van der Waals surface area contributed by atoms with Crippen molar-refractivity contribution in [3.05, 3.63) is 28.5 Å². The van der Waals surface area contributed by atoms with Crippen LogP contribution in [-0.4, -0.2) is 17.1 Å². The highest BCUT2D eigenvalue weighted by atomic mass is 32.1. The molecule has 0 unspecified atom stereocenters. The standard InChI is InChI=1S/C10H11NO2S/c12-10(13-7-3-1-4-7)8-5-2-6-9(14)11-8/h2,5-7H,1,3-4H2,(H,11,14). The zero-order valence-electron chi connectivity index (χ0n) is 7.66. The molecule has 0 saturated heterocycles. The fraction of sp³-hybridized carbons (Fsp3) is 0.400. The van der Waals surface area contributed by atoms with Gasteiger partial charge in [-0.25, -0.2) is 4.79 Å². The lowest BCUT2D eigenvalue weighted by Crippen LogP contribution is -2.25. The van der Waals surface area contributed by atoms with E-state index in [0.717, 1.165) is 19.3 Å². The summed E-state index contributed by atoms with van der Waals surface area (Å²) in [5.41, 5.74) is 0.435. The summed E-state index contributed by atoms with van der Waals surface area (Å²) < 4.78 is 5.76. The van der Waals surface area contributed by atoms with E-state index >= 15 is 0 Å². The summed E-state index contributed by atoms with van der Waals surface area (Å²) in [6.45, 7) is 0. The van der Waals surface area contributed by atoms with Crippen molar-refractivity contribution in [1.82, 2.24) is 4.98 Å². The van der Waals surface area contributed by atoms with Crippen LogP contribution in [0.25, 0.3) is 0 Å². The van der Waals surface area contributed by atoms with Gasteiger partial charge in [0.1, 0.15) is 16.4 Å². The molecular formula is C10H11NO2S. The van der Waals surface area contributed by atoms with E-state index in [1.54, 1.807) is 18.2 Å². The smallest absolute Gasteiger partial charge is 0.355 e. The summed E-state index contributed by atoms with van der Waals surface area (Å²) >= 11 is 4.91.